The molecule has 0 bridgehead atoms. The number of amides is 1. The fourth-order valence-corrected chi connectivity index (χ4v) is 1.57. The number of nitrogens with one attached hydrogen (secondary N) is 2. The van der Waals surface area contributed by atoms with Crippen LogP contribution in [0, 0.1) is 10.1 Å². The van der Waals surface area contributed by atoms with Crippen molar-refractivity contribution in [2.75, 3.05) is 0 Å². The fourth-order valence-electron chi connectivity index (χ4n) is 1.57. The summed E-state index contributed by atoms with van der Waals surface area (Å²) in [6.07, 6.45) is 3.48. The lowest BCUT2D eigenvalue weighted by molar-refractivity contribution is -0.385. The van der Waals surface area contributed by atoms with Gasteiger partial charge in [-0.15, -0.1) is 0 Å². The molecule has 7 nitrogen and oxygen atoms in total. The van der Waals surface area contributed by atoms with Crippen molar-refractivity contribution < 1.29 is 14.8 Å². The molecule has 1 aromatic heterocycles. The summed E-state index contributed by atoms with van der Waals surface area (Å²) in [5.41, 5.74) is 0.639. The van der Waals surface area contributed by atoms with Crippen LogP contribution in [0.4, 0.5) is 5.69 Å². The lowest BCUT2D eigenvalue weighted by Gasteiger charge is -2.04. The number of nitro benzene ring substituents is 1. The molecule has 1 heterocycles. The smallest absolute Gasteiger partial charge is 0.310 e. The summed E-state index contributed by atoms with van der Waals surface area (Å²) in [5.74, 6) is -0.939. The van der Waals surface area contributed by atoms with E-state index in [1.807, 2.05) is 6.07 Å². The third-order valence-corrected chi connectivity index (χ3v) is 2.55. The van der Waals surface area contributed by atoms with Gasteiger partial charge < -0.3 is 15.4 Å². The first-order valence-corrected chi connectivity index (χ1v) is 5.45. The summed E-state index contributed by atoms with van der Waals surface area (Å²) in [6.45, 7) is 0.333. The van der Waals surface area contributed by atoms with Crippen molar-refractivity contribution in [3.63, 3.8) is 0 Å². The third kappa shape index (κ3) is 2.89. The van der Waals surface area contributed by atoms with Crippen LogP contribution in [0.15, 0.2) is 36.7 Å². The van der Waals surface area contributed by atoms with Crippen LogP contribution in [0.25, 0.3) is 0 Å². The van der Waals surface area contributed by atoms with Gasteiger partial charge >= 0.3 is 5.69 Å². The molecule has 0 aliphatic heterocycles. The lowest BCUT2D eigenvalue weighted by Crippen LogP contribution is -2.22. The SMILES string of the molecule is O=C(NCc1cc[nH]c1)c1ccc([N+](=O)[O-])c(O)c1. The first kappa shape index (κ1) is 12.6. The first-order valence-electron chi connectivity index (χ1n) is 5.45. The van der Waals surface area contributed by atoms with Crippen LogP contribution in [-0.2, 0) is 6.54 Å². The number of aromatic amines is 1. The van der Waals surface area contributed by atoms with Gasteiger partial charge in [0.1, 0.15) is 0 Å². The van der Waals surface area contributed by atoms with E-state index < -0.39 is 22.3 Å². The van der Waals surface area contributed by atoms with E-state index in [1.165, 1.54) is 6.07 Å². The molecule has 0 radical (unpaired) electrons. The number of nitro groups is 1. The summed E-state index contributed by atoms with van der Waals surface area (Å²) in [5, 5.41) is 22.6. The fraction of sp³-hybridized carbons (Fsp3) is 0.0833. The minimum absolute atomic E-state index is 0.165. The van der Waals surface area contributed by atoms with Gasteiger partial charge in [0, 0.05) is 30.6 Å². The minimum Gasteiger partial charge on any atom is -0.502 e. The number of hydrogen-bond donors (Lipinski definition) is 3. The van der Waals surface area contributed by atoms with Crippen LogP contribution < -0.4 is 5.32 Å². The van der Waals surface area contributed by atoms with Crippen LogP contribution >= 0.6 is 0 Å². The van der Waals surface area contributed by atoms with Gasteiger partial charge in [-0.3, -0.25) is 14.9 Å². The van der Waals surface area contributed by atoms with Crippen LogP contribution in [0.2, 0.25) is 0 Å². The monoisotopic (exact) mass is 261 g/mol. The molecule has 3 N–H and O–H groups in total. The number of phenolic OH excluding ortho intramolecular Hbond substituents is 1. The second-order valence-electron chi connectivity index (χ2n) is 3.86. The summed E-state index contributed by atoms with van der Waals surface area (Å²) in [4.78, 5) is 24.4. The van der Waals surface area contributed by atoms with E-state index in [1.54, 1.807) is 12.4 Å². The van der Waals surface area contributed by atoms with E-state index in [4.69, 9.17) is 0 Å². The maximum Gasteiger partial charge on any atom is 0.310 e. The number of carbonyl (C=O) groups is 1. The maximum absolute atomic E-state index is 11.8. The number of hydrogen-bond acceptors (Lipinski definition) is 4. The number of aromatic hydroxyl groups is 1. The van der Waals surface area contributed by atoms with Gasteiger partial charge in [0.15, 0.2) is 5.75 Å². The van der Waals surface area contributed by atoms with Crippen molar-refractivity contribution in [2.45, 2.75) is 6.54 Å². The number of phenols is 1. The Morgan fingerprint density at radius 2 is 2.21 bits per heavy atom. The molecule has 0 atom stereocenters. The molecule has 1 aromatic carbocycles. The lowest BCUT2D eigenvalue weighted by atomic mass is 10.1. The van der Waals surface area contributed by atoms with Gasteiger partial charge in [-0.05, 0) is 23.8 Å². The average Bonchev–Trinajstić information content (AvgIpc) is 2.88. The third-order valence-electron chi connectivity index (χ3n) is 2.55. The van der Waals surface area contributed by atoms with Crippen molar-refractivity contribution >= 4 is 11.6 Å². The highest BCUT2D eigenvalue weighted by Gasteiger charge is 2.15. The summed E-state index contributed by atoms with van der Waals surface area (Å²) >= 11 is 0. The van der Waals surface area contributed by atoms with Crippen molar-refractivity contribution in [3.05, 3.63) is 57.9 Å². The molecule has 1 amide bonds. The molecule has 2 rings (SSSR count). The summed E-state index contributed by atoms with van der Waals surface area (Å²) in [7, 11) is 0. The Kier molecular flexibility index (Phi) is 3.46. The van der Waals surface area contributed by atoms with E-state index in [-0.39, 0.29) is 5.56 Å². The maximum atomic E-state index is 11.8. The minimum atomic E-state index is -0.711. The number of H-pyrrole nitrogens is 1. The Morgan fingerprint density at radius 1 is 1.42 bits per heavy atom. The predicted octanol–water partition coefficient (Wildman–Crippen LogP) is 1.56. The van der Waals surface area contributed by atoms with Gasteiger partial charge in [-0.1, -0.05) is 0 Å². The summed E-state index contributed by atoms with van der Waals surface area (Å²) in [6, 6.07) is 5.28. The standard InChI is InChI=1S/C12H11N3O4/c16-11-5-9(1-2-10(11)15(18)19)12(17)14-7-8-3-4-13-6-8/h1-6,13,16H,7H2,(H,14,17). The zero-order chi connectivity index (χ0) is 13.8. The topological polar surface area (TPSA) is 108 Å². The second-order valence-corrected chi connectivity index (χ2v) is 3.86. The van der Waals surface area contributed by atoms with Crippen molar-refractivity contribution in [3.8, 4) is 5.75 Å². The zero-order valence-corrected chi connectivity index (χ0v) is 9.79. The molecule has 7 heteroatoms. The Hall–Kier alpha value is -2.83. The number of benzene rings is 1. The van der Waals surface area contributed by atoms with E-state index >= 15 is 0 Å². The van der Waals surface area contributed by atoms with Crippen LogP contribution in [0.3, 0.4) is 0 Å². The molecular weight excluding hydrogens is 250 g/mol. The molecule has 0 fully saturated rings. The number of aromatic nitrogens is 1. The molecule has 19 heavy (non-hydrogen) atoms. The largest absolute Gasteiger partial charge is 0.502 e. The number of nitrogens with zero attached hydrogens (tertiary/aromatic N) is 1. The van der Waals surface area contributed by atoms with Gasteiger partial charge in [0.2, 0.25) is 0 Å². The van der Waals surface area contributed by atoms with Gasteiger partial charge in [-0.2, -0.15) is 0 Å². The van der Waals surface area contributed by atoms with E-state index in [0.29, 0.717) is 6.54 Å². The molecule has 0 unspecified atom stereocenters. The van der Waals surface area contributed by atoms with E-state index in [2.05, 4.69) is 10.3 Å². The van der Waals surface area contributed by atoms with E-state index in [0.717, 1.165) is 17.7 Å². The molecule has 2 aromatic rings. The highest BCUT2D eigenvalue weighted by molar-refractivity contribution is 5.94. The number of carbonyl (C=O) groups excluding carboxylic acids is 1. The van der Waals surface area contributed by atoms with Gasteiger partial charge in [-0.25, -0.2) is 0 Å². The Bertz CT molecular complexity index is 607. The molecule has 0 saturated heterocycles. The summed E-state index contributed by atoms with van der Waals surface area (Å²) < 4.78 is 0. The molecule has 0 aliphatic rings. The van der Waals surface area contributed by atoms with Gasteiger partial charge in [0.25, 0.3) is 5.91 Å². The first-order chi connectivity index (χ1) is 9.08. The highest BCUT2D eigenvalue weighted by atomic mass is 16.6. The van der Waals surface area contributed by atoms with Crippen LogP contribution in [-0.4, -0.2) is 20.9 Å². The average molecular weight is 261 g/mol. The van der Waals surface area contributed by atoms with E-state index in [9.17, 15) is 20.0 Å². The Balaban J connectivity index is 2.07. The molecule has 98 valence electrons. The molecule has 0 saturated carbocycles. The van der Waals surface area contributed by atoms with Gasteiger partial charge in [0.05, 0.1) is 4.92 Å². The Labute approximate surface area is 108 Å². The quantitative estimate of drug-likeness (QED) is 0.573. The normalized spacial score (nSPS) is 10.1. The second kappa shape index (κ2) is 5.21. The molecule has 0 spiro atoms. The van der Waals surface area contributed by atoms with Crippen molar-refractivity contribution in [1.82, 2.24) is 10.3 Å². The predicted molar refractivity (Wildman–Crippen MR) is 66.7 cm³/mol. The van der Waals surface area contributed by atoms with Crippen molar-refractivity contribution in [1.29, 1.82) is 0 Å². The van der Waals surface area contributed by atoms with Crippen LogP contribution in [0.5, 0.6) is 5.75 Å². The zero-order valence-electron chi connectivity index (χ0n) is 9.79. The molecular formula is C12H11N3O4. The molecule has 0 aliphatic carbocycles. The van der Waals surface area contributed by atoms with Crippen molar-refractivity contribution in [2.24, 2.45) is 0 Å². The highest BCUT2D eigenvalue weighted by Crippen LogP contribution is 2.26. The Morgan fingerprint density at radius 3 is 2.79 bits per heavy atom. The number of rotatable bonds is 4. The van der Waals surface area contributed by atoms with Crippen LogP contribution in [0.1, 0.15) is 15.9 Å².